The van der Waals surface area contributed by atoms with Gasteiger partial charge in [-0.3, -0.25) is 9.59 Å². The van der Waals surface area contributed by atoms with Crippen LogP contribution >= 0.6 is 11.3 Å². The normalized spacial score (nSPS) is 11.0. The van der Waals surface area contributed by atoms with Crippen LogP contribution in [0.5, 0.6) is 0 Å². The summed E-state index contributed by atoms with van der Waals surface area (Å²) in [6.45, 7) is 0.779. The smallest absolute Gasteiger partial charge is 0.244 e. The Balaban J connectivity index is 1.43. The van der Waals surface area contributed by atoms with E-state index in [1.807, 2.05) is 54.6 Å². The van der Waals surface area contributed by atoms with E-state index in [9.17, 15) is 9.59 Å². The van der Waals surface area contributed by atoms with Gasteiger partial charge < -0.3 is 10.2 Å². The minimum absolute atomic E-state index is 0.0263. The molecule has 0 radical (unpaired) electrons. The van der Waals surface area contributed by atoms with Crippen molar-refractivity contribution in [3.05, 3.63) is 71.2 Å². The zero-order valence-corrected chi connectivity index (χ0v) is 15.9. The van der Waals surface area contributed by atoms with Crippen LogP contribution in [-0.2, 0) is 16.1 Å². The predicted molar refractivity (Wildman–Crippen MR) is 109 cm³/mol. The summed E-state index contributed by atoms with van der Waals surface area (Å²) in [5.41, 5.74) is 1.91. The molecule has 5 nitrogen and oxygen atoms in total. The Morgan fingerprint density at radius 2 is 1.85 bits per heavy atom. The van der Waals surface area contributed by atoms with Crippen molar-refractivity contribution in [1.82, 2.24) is 15.2 Å². The fourth-order valence-corrected chi connectivity index (χ4v) is 3.58. The Hall–Kier alpha value is -2.99. The number of nitrogens with one attached hydrogen (secondary N) is 1. The first-order chi connectivity index (χ1) is 13.1. The molecule has 0 aliphatic carbocycles. The number of hydrogen-bond donors (Lipinski definition) is 1. The zero-order chi connectivity index (χ0) is 19.1. The summed E-state index contributed by atoms with van der Waals surface area (Å²) in [7, 11) is 1.76. The van der Waals surface area contributed by atoms with Gasteiger partial charge >= 0.3 is 0 Å². The standard InChI is InChI=1S/C21H21N3O2S/c1-24(15-20-23-17-9-5-6-10-18(17)27-20)21(26)13-14-22-19(25)12-11-16-7-3-2-4-8-16/h2-12H,13-15H2,1H3,(H,22,25)/b12-11+. The molecule has 0 aliphatic heterocycles. The van der Waals surface area contributed by atoms with Gasteiger partial charge in [0.05, 0.1) is 16.8 Å². The van der Waals surface area contributed by atoms with Crippen molar-refractivity contribution in [3.8, 4) is 0 Å². The van der Waals surface area contributed by atoms with E-state index in [-0.39, 0.29) is 18.2 Å². The molecule has 138 valence electrons. The number of thiazole rings is 1. The van der Waals surface area contributed by atoms with Crippen LogP contribution in [0.25, 0.3) is 16.3 Å². The topological polar surface area (TPSA) is 62.3 Å². The van der Waals surface area contributed by atoms with Crippen LogP contribution in [0.2, 0.25) is 0 Å². The molecular weight excluding hydrogens is 358 g/mol. The van der Waals surface area contributed by atoms with Gasteiger partial charge in [0, 0.05) is 26.1 Å². The second kappa shape index (κ2) is 9.09. The Morgan fingerprint density at radius 1 is 1.11 bits per heavy atom. The van der Waals surface area contributed by atoms with Crippen molar-refractivity contribution in [2.45, 2.75) is 13.0 Å². The van der Waals surface area contributed by atoms with Gasteiger partial charge in [0.25, 0.3) is 0 Å². The molecule has 0 saturated heterocycles. The van der Waals surface area contributed by atoms with Gasteiger partial charge in [-0.2, -0.15) is 0 Å². The summed E-state index contributed by atoms with van der Waals surface area (Å²) in [6, 6.07) is 17.5. The Labute approximate surface area is 162 Å². The molecule has 0 bridgehead atoms. The second-order valence-electron chi connectivity index (χ2n) is 6.11. The first kappa shape index (κ1) is 18.8. The molecule has 0 spiro atoms. The highest BCUT2D eigenvalue weighted by Gasteiger charge is 2.12. The molecule has 2 amide bonds. The van der Waals surface area contributed by atoms with Crippen molar-refractivity contribution in [1.29, 1.82) is 0 Å². The number of amides is 2. The summed E-state index contributed by atoms with van der Waals surface area (Å²) < 4.78 is 1.12. The highest BCUT2D eigenvalue weighted by Crippen LogP contribution is 2.22. The number of carbonyl (C=O) groups excluding carboxylic acids is 2. The third-order valence-corrected chi connectivity index (χ3v) is 5.02. The lowest BCUT2D eigenvalue weighted by Crippen LogP contribution is -2.31. The van der Waals surface area contributed by atoms with Gasteiger partial charge in [-0.05, 0) is 23.8 Å². The Bertz CT molecular complexity index is 917. The SMILES string of the molecule is CN(Cc1nc2ccccc2s1)C(=O)CCNC(=O)/C=C/c1ccccc1. The van der Waals surface area contributed by atoms with E-state index in [1.165, 1.54) is 6.08 Å². The van der Waals surface area contributed by atoms with Crippen molar-refractivity contribution < 1.29 is 9.59 Å². The Kier molecular flexibility index (Phi) is 6.33. The monoisotopic (exact) mass is 379 g/mol. The number of carbonyl (C=O) groups is 2. The summed E-state index contributed by atoms with van der Waals surface area (Å²) >= 11 is 1.59. The number of para-hydroxylation sites is 1. The summed E-state index contributed by atoms with van der Waals surface area (Å²) in [5.74, 6) is -0.234. The van der Waals surface area contributed by atoms with Crippen LogP contribution < -0.4 is 5.32 Å². The third-order valence-electron chi connectivity index (χ3n) is 4.00. The van der Waals surface area contributed by atoms with Gasteiger partial charge in [-0.25, -0.2) is 4.98 Å². The average Bonchev–Trinajstić information content (AvgIpc) is 3.09. The molecule has 0 fully saturated rings. The van der Waals surface area contributed by atoms with Gasteiger partial charge in [0.15, 0.2) is 0 Å². The van der Waals surface area contributed by atoms with E-state index in [4.69, 9.17) is 0 Å². The van der Waals surface area contributed by atoms with Crippen LogP contribution in [0.4, 0.5) is 0 Å². The molecule has 0 saturated carbocycles. The van der Waals surface area contributed by atoms with Gasteiger partial charge in [0.2, 0.25) is 11.8 Å². The maximum absolute atomic E-state index is 12.3. The van der Waals surface area contributed by atoms with Crippen LogP contribution in [0.15, 0.2) is 60.7 Å². The largest absolute Gasteiger partial charge is 0.352 e. The lowest BCUT2D eigenvalue weighted by Gasteiger charge is -2.15. The molecule has 6 heteroatoms. The van der Waals surface area contributed by atoms with Crippen molar-refractivity contribution in [2.24, 2.45) is 0 Å². The number of benzene rings is 2. The third kappa shape index (κ3) is 5.49. The first-order valence-electron chi connectivity index (χ1n) is 8.71. The van der Waals surface area contributed by atoms with E-state index in [0.717, 1.165) is 20.8 Å². The molecule has 1 aromatic heterocycles. The highest BCUT2D eigenvalue weighted by atomic mass is 32.1. The van der Waals surface area contributed by atoms with E-state index in [2.05, 4.69) is 10.3 Å². The van der Waals surface area contributed by atoms with Crippen LogP contribution in [0.3, 0.4) is 0 Å². The number of aromatic nitrogens is 1. The first-order valence-corrected chi connectivity index (χ1v) is 9.53. The van der Waals surface area contributed by atoms with Crippen molar-refractivity contribution >= 4 is 39.4 Å². The van der Waals surface area contributed by atoms with Crippen molar-refractivity contribution in [2.75, 3.05) is 13.6 Å². The molecule has 0 aliphatic rings. The zero-order valence-electron chi connectivity index (χ0n) is 15.1. The second-order valence-corrected chi connectivity index (χ2v) is 7.23. The molecule has 2 aromatic carbocycles. The number of fused-ring (bicyclic) bond motifs is 1. The molecule has 3 rings (SSSR count). The summed E-state index contributed by atoms with van der Waals surface area (Å²) in [6.07, 6.45) is 3.48. The predicted octanol–water partition coefficient (Wildman–Crippen LogP) is 3.47. The molecule has 1 heterocycles. The molecule has 1 N–H and O–H groups in total. The molecule has 3 aromatic rings. The van der Waals surface area contributed by atoms with Crippen molar-refractivity contribution in [3.63, 3.8) is 0 Å². The molecular formula is C21H21N3O2S. The number of nitrogens with zero attached hydrogens (tertiary/aromatic N) is 2. The fourth-order valence-electron chi connectivity index (χ4n) is 2.56. The van der Waals surface area contributed by atoms with E-state index >= 15 is 0 Å². The summed E-state index contributed by atoms with van der Waals surface area (Å²) in [5, 5.41) is 3.64. The van der Waals surface area contributed by atoms with Gasteiger partial charge in [0.1, 0.15) is 5.01 Å². The fraction of sp³-hybridized carbons (Fsp3) is 0.190. The highest BCUT2D eigenvalue weighted by molar-refractivity contribution is 7.18. The van der Waals surface area contributed by atoms with Gasteiger partial charge in [-0.1, -0.05) is 42.5 Å². The number of rotatable bonds is 7. The van der Waals surface area contributed by atoms with Crippen LogP contribution in [0.1, 0.15) is 17.0 Å². The van der Waals surface area contributed by atoms with E-state index in [0.29, 0.717) is 13.1 Å². The summed E-state index contributed by atoms with van der Waals surface area (Å²) in [4.78, 5) is 30.3. The molecule has 27 heavy (non-hydrogen) atoms. The lowest BCUT2D eigenvalue weighted by molar-refractivity contribution is -0.130. The average molecular weight is 379 g/mol. The Morgan fingerprint density at radius 3 is 2.63 bits per heavy atom. The molecule has 0 unspecified atom stereocenters. The number of hydrogen-bond acceptors (Lipinski definition) is 4. The van der Waals surface area contributed by atoms with E-state index in [1.54, 1.807) is 29.4 Å². The minimum Gasteiger partial charge on any atom is -0.352 e. The lowest BCUT2D eigenvalue weighted by atomic mass is 10.2. The van der Waals surface area contributed by atoms with Gasteiger partial charge in [-0.15, -0.1) is 11.3 Å². The maximum atomic E-state index is 12.3. The molecule has 0 atom stereocenters. The minimum atomic E-state index is -0.208. The van der Waals surface area contributed by atoms with Crippen LogP contribution in [0, 0.1) is 0 Å². The van der Waals surface area contributed by atoms with E-state index < -0.39 is 0 Å². The quantitative estimate of drug-likeness (QED) is 0.640. The maximum Gasteiger partial charge on any atom is 0.244 e. The van der Waals surface area contributed by atoms with Crippen LogP contribution in [-0.4, -0.2) is 35.3 Å².